The van der Waals surface area contributed by atoms with Crippen LogP contribution in [-0.2, 0) is 0 Å². The Kier molecular flexibility index (Phi) is 5.10. The van der Waals surface area contributed by atoms with Gasteiger partial charge in [-0.2, -0.15) is 11.8 Å². The van der Waals surface area contributed by atoms with Crippen molar-refractivity contribution >= 4 is 28.7 Å². The monoisotopic (exact) mass is 272 g/mol. The lowest BCUT2D eigenvalue weighted by molar-refractivity contribution is 0.407. The summed E-state index contributed by atoms with van der Waals surface area (Å²) in [6.45, 7) is 5.57. The summed E-state index contributed by atoms with van der Waals surface area (Å²) in [4.78, 5) is 4.79. The van der Waals surface area contributed by atoms with Crippen LogP contribution in [0.1, 0.15) is 46.0 Å². The molecule has 0 aliphatic carbocycles. The normalized spacial score (nSPS) is 30.5. The number of nitrogens with one attached hydrogen (secondary N) is 1. The van der Waals surface area contributed by atoms with E-state index in [0.29, 0.717) is 5.54 Å². The van der Waals surface area contributed by atoms with E-state index in [1.54, 1.807) is 0 Å². The molecule has 17 heavy (non-hydrogen) atoms. The predicted molar refractivity (Wildman–Crippen MR) is 81.3 cm³/mol. The van der Waals surface area contributed by atoms with Gasteiger partial charge in [-0.1, -0.05) is 32.0 Å². The van der Waals surface area contributed by atoms with Crippen molar-refractivity contribution in [3.05, 3.63) is 0 Å². The number of hydrogen-bond donors (Lipinski definition) is 1. The average Bonchev–Trinajstić information content (AvgIpc) is 2.82. The zero-order valence-electron chi connectivity index (χ0n) is 11.0. The molecule has 0 aromatic rings. The second kappa shape index (κ2) is 6.37. The molecule has 0 saturated carbocycles. The lowest BCUT2D eigenvalue weighted by Crippen LogP contribution is -2.42. The van der Waals surface area contributed by atoms with Crippen LogP contribution in [0.25, 0.3) is 0 Å². The first kappa shape index (κ1) is 13.6. The molecule has 2 fully saturated rings. The summed E-state index contributed by atoms with van der Waals surface area (Å²) in [5.41, 5.74) is 0.323. The van der Waals surface area contributed by atoms with Crippen LogP contribution in [0, 0.1) is 0 Å². The number of nitrogens with zero attached hydrogens (tertiary/aromatic N) is 1. The second-order valence-electron chi connectivity index (χ2n) is 5.04. The molecule has 2 rings (SSSR count). The molecule has 2 aliphatic rings. The van der Waals surface area contributed by atoms with Gasteiger partial charge in [-0.05, 0) is 31.4 Å². The molecule has 2 nitrogen and oxygen atoms in total. The van der Waals surface area contributed by atoms with Crippen molar-refractivity contribution in [2.75, 3.05) is 18.1 Å². The third-order valence-corrected chi connectivity index (χ3v) is 6.51. The Hall–Kier alpha value is 0.170. The molecule has 0 bridgehead atoms. The maximum Gasteiger partial charge on any atom is 0.157 e. The fourth-order valence-corrected chi connectivity index (χ4v) is 4.92. The van der Waals surface area contributed by atoms with Crippen LogP contribution in [0.2, 0.25) is 0 Å². The number of aliphatic imine (C=N–C) groups is 1. The Labute approximate surface area is 114 Å². The molecule has 0 aromatic heterocycles. The van der Waals surface area contributed by atoms with Crippen molar-refractivity contribution in [2.24, 2.45) is 4.99 Å². The maximum absolute atomic E-state index is 4.79. The van der Waals surface area contributed by atoms with Gasteiger partial charge in [0.05, 0.1) is 6.54 Å². The third-order valence-electron chi connectivity index (χ3n) is 3.92. The van der Waals surface area contributed by atoms with Gasteiger partial charge in [0.25, 0.3) is 0 Å². The van der Waals surface area contributed by atoms with Gasteiger partial charge in [-0.15, -0.1) is 0 Å². The van der Waals surface area contributed by atoms with Gasteiger partial charge in [0.2, 0.25) is 0 Å². The first-order chi connectivity index (χ1) is 8.28. The van der Waals surface area contributed by atoms with E-state index in [1.165, 1.54) is 48.8 Å². The highest BCUT2D eigenvalue weighted by Gasteiger charge is 2.33. The second-order valence-corrected chi connectivity index (χ2v) is 7.41. The number of thioether (sulfide) groups is 2. The molecule has 0 radical (unpaired) electrons. The molecule has 2 heterocycles. The SMILES string of the molecule is CCC1(CC)CSC(=NCC2CCCCS2)N1. The molecule has 0 spiro atoms. The Morgan fingerprint density at radius 3 is 2.76 bits per heavy atom. The van der Waals surface area contributed by atoms with Gasteiger partial charge in [0.1, 0.15) is 0 Å². The number of hydrogen-bond acceptors (Lipinski definition) is 3. The van der Waals surface area contributed by atoms with E-state index >= 15 is 0 Å². The highest BCUT2D eigenvalue weighted by atomic mass is 32.2. The average molecular weight is 272 g/mol. The summed E-state index contributed by atoms with van der Waals surface area (Å²) in [6, 6.07) is 0. The van der Waals surface area contributed by atoms with Crippen LogP contribution in [0.5, 0.6) is 0 Å². The van der Waals surface area contributed by atoms with E-state index in [4.69, 9.17) is 4.99 Å². The highest BCUT2D eigenvalue weighted by molar-refractivity contribution is 8.14. The smallest absolute Gasteiger partial charge is 0.157 e. The van der Waals surface area contributed by atoms with Crippen molar-refractivity contribution in [3.63, 3.8) is 0 Å². The van der Waals surface area contributed by atoms with Crippen molar-refractivity contribution in [1.29, 1.82) is 0 Å². The zero-order chi connectivity index (χ0) is 12.1. The molecular weight excluding hydrogens is 248 g/mol. The lowest BCUT2D eigenvalue weighted by Gasteiger charge is -2.25. The minimum absolute atomic E-state index is 0.323. The largest absolute Gasteiger partial charge is 0.359 e. The molecule has 1 atom stereocenters. The van der Waals surface area contributed by atoms with Crippen LogP contribution in [-0.4, -0.2) is 34.0 Å². The van der Waals surface area contributed by atoms with E-state index in [-0.39, 0.29) is 0 Å². The molecular formula is C13H24N2S2. The molecule has 1 unspecified atom stereocenters. The van der Waals surface area contributed by atoms with Gasteiger partial charge >= 0.3 is 0 Å². The molecule has 1 N–H and O–H groups in total. The van der Waals surface area contributed by atoms with Crippen LogP contribution in [0.3, 0.4) is 0 Å². The van der Waals surface area contributed by atoms with Crippen LogP contribution in [0.4, 0.5) is 0 Å². The Balaban J connectivity index is 1.82. The topological polar surface area (TPSA) is 24.4 Å². The Bertz CT molecular complexity index is 269. The summed E-state index contributed by atoms with van der Waals surface area (Å²) in [5, 5.41) is 5.62. The standard InChI is InChI=1S/C13H24N2S2/c1-3-13(4-2)10-17-12(15-13)14-9-11-7-5-6-8-16-11/h11H,3-10H2,1-2H3,(H,14,15). The van der Waals surface area contributed by atoms with Crippen molar-refractivity contribution < 1.29 is 0 Å². The van der Waals surface area contributed by atoms with E-state index in [2.05, 4.69) is 30.9 Å². The first-order valence-electron chi connectivity index (χ1n) is 6.85. The summed E-state index contributed by atoms with van der Waals surface area (Å²) < 4.78 is 0. The number of rotatable bonds is 4. The van der Waals surface area contributed by atoms with Crippen LogP contribution < -0.4 is 5.32 Å². The Morgan fingerprint density at radius 1 is 1.35 bits per heavy atom. The summed E-state index contributed by atoms with van der Waals surface area (Å²) in [5.74, 6) is 2.53. The number of amidine groups is 1. The van der Waals surface area contributed by atoms with Gasteiger partial charge < -0.3 is 5.32 Å². The van der Waals surface area contributed by atoms with E-state index < -0.39 is 0 Å². The zero-order valence-corrected chi connectivity index (χ0v) is 12.6. The van der Waals surface area contributed by atoms with Gasteiger partial charge in [-0.25, -0.2) is 0 Å². The summed E-state index contributed by atoms with van der Waals surface area (Å²) in [7, 11) is 0. The Morgan fingerprint density at radius 2 is 2.18 bits per heavy atom. The van der Waals surface area contributed by atoms with Gasteiger partial charge in [0.15, 0.2) is 5.17 Å². The van der Waals surface area contributed by atoms with Crippen molar-refractivity contribution in [3.8, 4) is 0 Å². The van der Waals surface area contributed by atoms with E-state index in [9.17, 15) is 0 Å². The molecule has 4 heteroatoms. The first-order valence-corrected chi connectivity index (χ1v) is 8.88. The predicted octanol–water partition coefficient (Wildman–Crippen LogP) is 3.52. The fourth-order valence-electron chi connectivity index (χ4n) is 2.36. The fraction of sp³-hybridized carbons (Fsp3) is 0.923. The minimum Gasteiger partial charge on any atom is -0.359 e. The summed E-state index contributed by atoms with van der Waals surface area (Å²) >= 11 is 4.03. The van der Waals surface area contributed by atoms with Crippen LogP contribution in [0.15, 0.2) is 4.99 Å². The minimum atomic E-state index is 0.323. The maximum atomic E-state index is 4.79. The third kappa shape index (κ3) is 3.57. The van der Waals surface area contributed by atoms with Crippen LogP contribution >= 0.6 is 23.5 Å². The highest BCUT2D eigenvalue weighted by Crippen LogP contribution is 2.30. The van der Waals surface area contributed by atoms with Gasteiger partial charge in [0, 0.05) is 16.5 Å². The lowest BCUT2D eigenvalue weighted by atomic mass is 9.96. The molecule has 2 saturated heterocycles. The van der Waals surface area contributed by atoms with Crippen molar-refractivity contribution in [2.45, 2.75) is 56.7 Å². The van der Waals surface area contributed by atoms with E-state index in [1.807, 2.05) is 11.8 Å². The molecule has 0 aromatic carbocycles. The molecule has 2 aliphatic heterocycles. The van der Waals surface area contributed by atoms with E-state index in [0.717, 1.165) is 11.8 Å². The molecule has 0 amide bonds. The van der Waals surface area contributed by atoms with Gasteiger partial charge in [-0.3, -0.25) is 4.99 Å². The van der Waals surface area contributed by atoms with Crippen molar-refractivity contribution in [1.82, 2.24) is 5.32 Å². The summed E-state index contributed by atoms with van der Waals surface area (Å²) in [6.07, 6.45) is 6.57. The quantitative estimate of drug-likeness (QED) is 0.847. The molecule has 98 valence electrons.